The third-order valence-corrected chi connectivity index (χ3v) is 4.40. The van der Waals surface area contributed by atoms with Gasteiger partial charge >= 0.3 is 0 Å². The topological polar surface area (TPSA) is 49.4 Å². The van der Waals surface area contributed by atoms with E-state index in [0.29, 0.717) is 18.4 Å². The van der Waals surface area contributed by atoms with Crippen LogP contribution in [0.2, 0.25) is 0 Å². The van der Waals surface area contributed by atoms with Crippen LogP contribution in [0.25, 0.3) is 0 Å². The lowest BCUT2D eigenvalue weighted by molar-refractivity contribution is -0.127. The summed E-state index contributed by atoms with van der Waals surface area (Å²) in [5.74, 6) is 0.726. The first-order chi connectivity index (χ1) is 9.22. The molecule has 2 aliphatic rings. The van der Waals surface area contributed by atoms with E-state index in [2.05, 4.69) is 17.1 Å². The smallest absolute Gasteiger partial charge is 0.234 e. The number of carbonyl (C=O) groups excluding carboxylic acids is 2. The Morgan fingerprint density at radius 3 is 2.84 bits per heavy atom. The summed E-state index contributed by atoms with van der Waals surface area (Å²) in [5, 5.41) is 2.94. The molecule has 2 rings (SSSR count). The number of ketones is 1. The summed E-state index contributed by atoms with van der Waals surface area (Å²) in [6.45, 7) is 4.24. The molecule has 0 aromatic carbocycles. The minimum Gasteiger partial charge on any atom is -0.355 e. The molecule has 1 aliphatic carbocycles. The van der Waals surface area contributed by atoms with Crippen molar-refractivity contribution in [3.63, 3.8) is 0 Å². The zero-order valence-corrected chi connectivity index (χ0v) is 12.0. The largest absolute Gasteiger partial charge is 0.355 e. The van der Waals surface area contributed by atoms with Crippen LogP contribution >= 0.6 is 0 Å². The van der Waals surface area contributed by atoms with Gasteiger partial charge in [0, 0.05) is 24.9 Å². The van der Waals surface area contributed by atoms with Crippen LogP contribution in [0.1, 0.15) is 51.9 Å². The highest BCUT2D eigenvalue weighted by Gasteiger charge is 2.37. The van der Waals surface area contributed by atoms with Gasteiger partial charge in [0.1, 0.15) is 5.78 Å². The molecule has 0 spiro atoms. The fourth-order valence-corrected chi connectivity index (χ4v) is 3.42. The second-order valence-electron chi connectivity index (χ2n) is 5.85. The van der Waals surface area contributed by atoms with Gasteiger partial charge in [0.15, 0.2) is 0 Å². The Morgan fingerprint density at radius 1 is 1.32 bits per heavy atom. The number of hydrogen-bond donors (Lipinski definition) is 1. The van der Waals surface area contributed by atoms with Crippen molar-refractivity contribution in [2.75, 3.05) is 19.6 Å². The van der Waals surface area contributed by atoms with Gasteiger partial charge in [-0.1, -0.05) is 13.3 Å². The Kier molecular flexibility index (Phi) is 5.37. The molecule has 1 heterocycles. The van der Waals surface area contributed by atoms with E-state index in [4.69, 9.17) is 0 Å². The number of hydrogen-bond acceptors (Lipinski definition) is 3. The van der Waals surface area contributed by atoms with Gasteiger partial charge in [0.05, 0.1) is 6.54 Å². The zero-order valence-electron chi connectivity index (χ0n) is 12.0. The van der Waals surface area contributed by atoms with Gasteiger partial charge in [-0.25, -0.2) is 0 Å². The predicted molar refractivity (Wildman–Crippen MR) is 74.9 cm³/mol. The van der Waals surface area contributed by atoms with E-state index in [1.807, 2.05) is 0 Å². The molecular weight excluding hydrogens is 240 g/mol. The van der Waals surface area contributed by atoms with Gasteiger partial charge in [0.2, 0.25) is 5.91 Å². The summed E-state index contributed by atoms with van der Waals surface area (Å²) >= 11 is 0. The molecule has 2 unspecified atom stereocenters. The third-order valence-electron chi connectivity index (χ3n) is 4.40. The standard InChI is InChI=1S/C15H26N2O2/c1-2-9-16-15(19)11-17-10-4-3-7-13(17)12-6-5-8-14(12)18/h12-13H,2-11H2,1H3,(H,16,19). The summed E-state index contributed by atoms with van der Waals surface area (Å²) in [7, 11) is 0. The minimum atomic E-state index is 0.110. The van der Waals surface area contributed by atoms with Crippen LogP contribution in [0.5, 0.6) is 0 Å². The normalized spacial score (nSPS) is 28.6. The maximum Gasteiger partial charge on any atom is 0.234 e. The number of likely N-dealkylation sites (tertiary alicyclic amines) is 1. The maximum absolute atomic E-state index is 11.9. The number of rotatable bonds is 5. The van der Waals surface area contributed by atoms with Crippen molar-refractivity contribution in [1.29, 1.82) is 0 Å². The molecule has 1 aliphatic heterocycles. The summed E-state index contributed by atoms with van der Waals surface area (Å²) in [5.41, 5.74) is 0. The summed E-state index contributed by atoms with van der Waals surface area (Å²) in [6, 6.07) is 0.316. The first kappa shape index (κ1) is 14.5. The molecule has 2 atom stereocenters. The predicted octanol–water partition coefficient (Wildman–Crippen LogP) is 1.74. The molecule has 1 saturated heterocycles. The van der Waals surface area contributed by atoms with E-state index in [1.54, 1.807) is 0 Å². The van der Waals surface area contributed by atoms with Gasteiger partial charge in [0.25, 0.3) is 0 Å². The Morgan fingerprint density at radius 2 is 2.16 bits per heavy atom. The van der Waals surface area contributed by atoms with Crippen molar-refractivity contribution < 1.29 is 9.59 Å². The average Bonchev–Trinajstić information content (AvgIpc) is 2.83. The molecule has 1 saturated carbocycles. The van der Waals surface area contributed by atoms with Crippen LogP contribution in [0.15, 0.2) is 0 Å². The number of Topliss-reactive ketones (excluding diaryl/α,β-unsaturated/α-hetero) is 1. The number of amides is 1. The van der Waals surface area contributed by atoms with E-state index < -0.39 is 0 Å². The van der Waals surface area contributed by atoms with E-state index in [1.165, 1.54) is 6.42 Å². The molecule has 4 nitrogen and oxygen atoms in total. The number of nitrogens with zero attached hydrogens (tertiary/aromatic N) is 1. The van der Waals surface area contributed by atoms with E-state index in [-0.39, 0.29) is 11.8 Å². The highest BCUT2D eigenvalue weighted by molar-refractivity contribution is 5.84. The van der Waals surface area contributed by atoms with Crippen LogP contribution in [-0.2, 0) is 9.59 Å². The first-order valence-electron chi connectivity index (χ1n) is 7.76. The van der Waals surface area contributed by atoms with E-state index in [0.717, 1.165) is 51.6 Å². The van der Waals surface area contributed by atoms with Crippen molar-refractivity contribution in [2.45, 2.75) is 57.9 Å². The first-order valence-corrected chi connectivity index (χ1v) is 7.76. The molecule has 2 fully saturated rings. The van der Waals surface area contributed by atoms with Crippen LogP contribution in [0, 0.1) is 5.92 Å². The highest BCUT2D eigenvalue weighted by atomic mass is 16.2. The Balaban J connectivity index is 1.92. The minimum absolute atomic E-state index is 0.110. The Hall–Kier alpha value is -0.900. The second kappa shape index (κ2) is 7.04. The van der Waals surface area contributed by atoms with Crippen LogP contribution in [0.4, 0.5) is 0 Å². The molecule has 1 N–H and O–H groups in total. The van der Waals surface area contributed by atoms with Crippen LogP contribution < -0.4 is 5.32 Å². The lowest BCUT2D eigenvalue weighted by atomic mass is 9.88. The second-order valence-corrected chi connectivity index (χ2v) is 5.85. The van der Waals surface area contributed by atoms with Gasteiger partial charge in [-0.15, -0.1) is 0 Å². The molecule has 0 radical (unpaired) electrons. The van der Waals surface area contributed by atoms with Gasteiger partial charge < -0.3 is 5.32 Å². The van der Waals surface area contributed by atoms with Crippen LogP contribution in [0.3, 0.4) is 0 Å². The molecule has 0 bridgehead atoms. The quantitative estimate of drug-likeness (QED) is 0.824. The number of piperidine rings is 1. The summed E-state index contributed by atoms with van der Waals surface area (Å²) < 4.78 is 0. The Bertz CT molecular complexity index is 330. The van der Waals surface area contributed by atoms with Crippen LogP contribution in [-0.4, -0.2) is 42.3 Å². The SMILES string of the molecule is CCCNC(=O)CN1CCCCC1C1CCCC1=O. The molecule has 108 valence electrons. The Labute approximate surface area is 115 Å². The fraction of sp³-hybridized carbons (Fsp3) is 0.867. The average molecular weight is 266 g/mol. The lowest BCUT2D eigenvalue weighted by Crippen LogP contribution is -2.49. The molecule has 4 heteroatoms. The molecule has 19 heavy (non-hydrogen) atoms. The monoisotopic (exact) mass is 266 g/mol. The zero-order chi connectivity index (χ0) is 13.7. The third kappa shape index (κ3) is 3.78. The van der Waals surface area contributed by atoms with E-state index in [9.17, 15) is 9.59 Å². The fourth-order valence-electron chi connectivity index (χ4n) is 3.42. The van der Waals surface area contributed by atoms with Gasteiger partial charge in [-0.2, -0.15) is 0 Å². The maximum atomic E-state index is 11.9. The van der Waals surface area contributed by atoms with Gasteiger partial charge in [-0.3, -0.25) is 14.5 Å². The van der Waals surface area contributed by atoms with E-state index >= 15 is 0 Å². The van der Waals surface area contributed by atoms with Crippen molar-refractivity contribution in [2.24, 2.45) is 5.92 Å². The number of nitrogens with one attached hydrogen (secondary N) is 1. The summed E-state index contributed by atoms with van der Waals surface area (Å²) in [4.78, 5) is 26.1. The molecule has 1 amide bonds. The van der Waals surface area contributed by atoms with Gasteiger partial charge in [-0.05, 0) is 38.6 Å². The van der Waals surface area contributed by atoms with Crippen molar-refractivity contribution in [3.05, 3.63) is 0 Å². The van der Waals surface area contributed by atoms with Crippen molar-refractivity contribution >= 4 is 11.7 Å². The highest BCUT2D eigenvalue weighted by Crippen LogP contribution is 2.32. The van der Waals surface area contributed by atoms with Crippen molar-refractivity contribution in [1.82, 2.24) is 10.2 Å². The summed E-state index contributed by atoms with van der Waals surface area (Å²) in [6.07, 6.45) is 7.21. The number of carbonyl (C=O) groups is 2. The molecule has 0 aromatic rings. The molecule has 0 aromatic heterocycles. The van der Waals surface area contributed by atoms with Crippen molar-refractivity contribution in [3.8, 4) is 0 Å². The lowest BCUT2D eigenvalue weighted by Gasteiger charge is -2.38. The molecular formula is C15H26N2O2.